The third kappa shape index (κ3) is 4.51. The molecule has 0 unspecified atom stereocenters. The molecular weight excluding hydrogens is 416 g/mol. The minimum Gasteiger partial charge on any atom is -0.368 e. The van der Waals surface area contributed by atoms with E-state index in [2.05, 4.69) is 47.6 Å². The number of unbranched alkanes of at least 4 members (excludes halogenated alkanes) is 1. The van der Waals surface area contributed by atoms with E-state index in [1.54, 1.807) is 0 Å². The number of sulfone groups is 1. The molecule has 1 aromatic carbocycles. The Balaban J connectivity index is 1.21. The van der Waals surface area contributed by atoms with Crippen molar-refractivity contribution in [1.82, 2.24) is 15.5 Å². The second-order valence-corrected chi connectivity index (χ2v) is 11.2. The van der Waals surface area contributed by atoms with Gasteiger partial charge in [0.1, 0.15) is 0 Å². The third-order valence-corrected chi connectivity index (χ3v) is 9.27. The Morgan fingerprint density at radius 1 is 1.10 bits per heavy atom. The number of aryl methyl sites for hydroxylation is 1. The molecule has 0 saturated carbocycles. The second-order valence-electron chi connectivity index (χ2n) is 8.95. The maximum atomic E-state index is 12.6. The van der Waals surface area contributed by atoms with E-state index in [0.717, 1.165) is 13.1 Å². The van der Waals surface area contributed by atoms with Gasteiger partial charge in [-0.2, -0.15) is 0 Å². The molecule has 170 valence electrons. The summed E-state index contributed by atoms with van der Waals surface area (Å²) < 4.78 is 24.8. The number of urea groups is 1. The van der Waals surface area contributed by atoms with Gasteiger partial charge in [0.15, 0.2) is 9.84 Å². The number of nitrogens with zero attached hydrogens (tertiary/aromatic N) is 2. The largest absolute Gasteiger partial charge is 0.368 e. The topological polar surface area (TPSA) is 98.8 Å². The average molecular weight is 449 g/mol. The summed E-state index contributed by atoms with van der Waals surface area (Å²) in [7, 11) is -3.21. The number of carbonyl (C=O) groups is 2. The highest BCUT2D eigenvalue weighted by Crippen LogP contribution is 2.29. The van der Waals surface area contributed by atoms with Gasteiger partial charge in [0.05, 0.1) is 23.1 Å². The maximum absolute atomic E-state index is 12.6. The molecule has 0 spiro atoms. The van der Waals surface area contributed by atoms with Gasteiger partial charge in [0.25, 0.3) is 0 Å². The number of nitrogens with one attached hydrogen (secondary N) is 2. The van der Waals surface area contributed by atoms with Gasteiger partial charge in [-0.3, -0.25) is 4.79 Å². The van der Waals surface area contributed by atoms with Crippen LogP contribution in [-0.2, 0) is 14.6 Å². The summed E-state index contributed by atoms with van der Waals surface area (Å²) in [4.78, 5) is 28.4. The molecule has 3 fully saturated rings. The van der Waals surface area contributed by atoms with Crippen molar-refractivity contribution in [3.05, 3.63) is 29.3 Å². The first kappa shape index (κ1) is 21.9. The lowest BCUT2D eigenvalue weighted by molar-refractivity contribution is -0.131. The van der Waals surface area contributed by atoms with Gasteiger partial charge in [-0.1, -0.05) is 18.6 Å². The predicted octanol–water partition coefficient (Wildman–Crippen LogP) is 1.36. The molecule has 3 amide bonds. The molecule has 0 radical (unpaired) electrons. The zero-order chi connectivity index (χ0) is 22.2. The minimum absolute atomic E-state index is 0.00466. The van der Waals surface area contributed by atoms with E-state index in [1.165, 1.54) is 16.8 Å². The lowest BCUT2D eigenvalue weighted by Gasteiger charge is -2.37. The highest BCUT2D eigenvalue weighted by Gasteiger charge is 2.51. The number of hydrogen-bond donors (Lipinski definition) is 2. The Kier molecular flexibility index (Phi) is 6.14. The number of hydrogen-bond acceptors (Lipinski definition) is 5. The quantitative estimate of drug-likeness (QED) is 0.506. The van der Waals surface area contributed by atoms with Gasteiger partial charge in [0.2, 0.25) is 5.91 Å². The fraction of sp³-hybridized carbons (Fsp3) is 0.636. The van der Waals surface area contributed by atoms with Crippen molar-refractivity contribution in [2.75, 3.05) is 36.8 Å². The van der Waals surface area contributed by atoms with E-state index in [1.807, 2.05) is 4.90 Å². The normalized spacial score (nSPS) is 27.0. The fourth-order valence-corrected chi connectivity index (χ4v) is 7.33. The van der Waals surface area contributed by atoms with Crippen molar-refractivity contribution >= 4 is 27.5 Å². The molecule has 8 nitrogen and oxygen atoms in total. The number of benzene rings is 1. The summed E-state index contributed by atoms with van der Waals surface area (Å²) in [5, 5.41) is 4.87. The van der Waals surface area contributed by atoms with Crippen LogP contribution in [0.15, 0.2) is 18.2 Å². The van der Waals surface area contributed by atoms with Gasteiger partial charge in [-0.15, -0.1) is 0 Å². The highest BCUT2D eigenvalue weighted by molar-refractivity contribution is 7.92. The molecule has 3 saturated heterocycles. The molecule has 0 aliphatic carbocycles. The molecule has 3 heterocycles. The summed E-state index contributed by atoms with van der Waals surface area (Å²) in [6.07, 6.45) is 2.26. The fourth-order valence-electron chi connectivity index (χ4n) is 5.06. The maximum Gasteiger partial charge on any atom is 0.315 e. The highest BCUT2D eigenvalue weighted by atomic mass is 32.2. The Labute approximate surface area is 184 Å². The molecule has 0 aromatic heterocycles. The average Bonchev–Trinajstić information content (AvgIpc) is 3.18. The van der Waals surface area contributed by atoms with Crippen LogP contribution in [0.25, 0.3) is 0 Å². The number of piperazine rings is 1. The van der Waals surface area contributed by atoms with Crippen LogP contribution in [0.1, 0.15) is 36.8 Å². The molecule has 0 bridgehead atoms. The van der Waals surface area contributed by atoms with Gasteiger partial charge in [-0.05, 0) is 43.9 Å². The molecular formula is C22H32N4O4S. The first-order valence-electron chi connectivity index (χ1n) is 11.1. The van der Waals surface area contributed by atoms with Crippen LogP contribution in [0.3, 0.4) is 0 Å². The zero-order valence-electron chi connectivity index (χ0n) is 18.3. The van der Waals surface area contributed by atoms with Crippen molar-refractivity contribution in [1.29, 1.82) is 0 Å². The molecule has 2 N–H and O–H groups in total. The van der Waals surface area contributed by atoms with Gasteiger partial charge in [0, 0.05) is 38.3 Å². The van der Waals surface area contributed by atoms with Crippen molar-refractivity contribution in [2.45, 2.75) is 56.9 Å². The molecule has 1 aromatic rings. The van der Waals surface area contributed by atoms with Crippen LogP contribution >= 0.6 is 0 Å². The first-order chi connectivity index (χ1) is 14.8. The van der Waals surface area contributed by atoms with Crippen molar-refractivity contribution < 1.29 is 18.0 Å². The number of rotatable bonds is 6. The van der Waals surface area contributed by atoms with Gasteiger partial charge in [-0.25, -0.2) is 13.2 Å². The van der Waals surface area contributed by atoms with Gasteiger partial charge < -0.3 is 20.4 Å². The smallest absolute Gasteiger partial charge is 0.315 e. The monoisotopic (exact) mass is 448 g/mol. The molecule has 3 atom stereocenters. The SMILES string of the molecule is Cc1cccc(N2CCN(C(=O)CCCC[C@@H]3[C@@H]4NC(=O)N[C@H]4CS3(=O)=O)CC2)c1C. The van der Waals surface area contributed by atoms with Gasteiger partial charge >= 0.3 is 6.03 Å². The Morgan fingerprint density at radius 2 is 1.84 bits per heavy atom. The summed E-state index contributed by atoms with van der Waals surface area (Å²) >= 11 is 0. The van der Waals surface area contributed by atoms with E-state index in [4.69, 9.17) is 0 Å². The lowest BCUT2D eigenvalue weighted by atomic mass is 10.0. The van der Waals surface area contributed by atoms with E-state index < -0.39 is 15.1 Å². The Morgan fingerprint density at radius 3 is 2.58 bits per heavy atom. The van der Waals surface area contributed by atoms with E-state index >= 15 is 0 Å². The van der Waals surface area contributed by atoms with Crippen LogP contribution in [0.2, 0.25) is 0 Å². The molecule has 9 heteroatoms. The zero-order valence-corrected chi connectivity index (χ0v) is 19.1. The van der Waals surface area contributed by atoms with Crippen molar-refractivity contribution in [3.8, 4) is 0 Å². The van der Waals surface area contributed by atoms with Crippen LogP contribution in [0.4, 0.5) is 10.5 Å². The summed E-state index contributed by atoms with van der Waals surface area (Å²) in [5.41, 5.74) is 3.82. The van der Waals surface area contributed by atoms with Crippen LogP contribution < -0.4 is 15.5 Å². The lowest BCUT2D eigenvalue weighted by Crippen LogP contribution is -2.49. The van der Waals surface area contributed by atoms with Crippen LogP contribution in [-0.4, -0.2) is 74.5 Å². The summed E-state index contributed by atoms with van der Waals surface area (Å²) in [6.45, 7) is 7.34. The first-order valence-corrected chi connectivity index (χ1v) is 12.9. The van der Waals surface area contributed by atoms with Crippen LogP contribution in [0, 0.1) is 13.8 Å². The van der Waals surface area contributed by atoms with E-state index in [-0.39, 0.29) is 29.8 Å². The second kappa shape index (κ2) is 8.68. The number of fused-ring (bicyclic) bond motifs is 1. The number of amides is 3. The molecule has 31 heavy (non-hydrogen) atoms. The Bertz CT molecular complexity index is 956. The summed E-state index contributed by atoms with van der Waals surface area (Å²) in [6, 6.07) is 5.39. The molecule has 3 aliphatic heterocycles. The number of anilines is 1. The molecule has 3 aliphatic rings. The molecule has 4 rings (SSSR count). The Hall–Kier alpha value is -2.29. The van der Waals surface area contributed by atoms with Crippen LogP contribution in [0.5, 0.6) is 0 Å². The standard InChI is InChI=1S/C22H32N4O4S/c1-15-6-5-7-18(16(15)2)25-10-12-26(13-11-25)20(27)9-4-3-8-19-21-17(14-31(19,29)30)23-22(28)24-21/h5-7,17,19,21H,3-4,8-14H2,1-2H3,(H2,23,24,28)/t17-,19+,21+/m0/s1. The van der Waals surface area contributed by atoms with E-state index in [0.29, 0.717) is 38.8 Å². The van der Waals surface area contributed by atoms with Crippen molar-refractivity contribution in [3.63, 3.8) is 0 Å². The summed E-state index contributed by atoms with van der Waals surface area (Å²) in [5.74, 6) is 0.147. The minimum atomic E-state index is -3.21. The third-order valence-electron chi connectivity index (χ3n) is 7.00. The van der Waals surface area contributed by atoms with E-state index in [9.17, 15) is 18.0 Å². The predicted molar refractivity (Wildman–Crippen MR) is 120 cm³/mol. The number of carbonyl (C=O) groups excluding carboxylic acids is 2. The van der Waals surface area contributed by atoms with Crippen molar-refractivity contribution in [2.24, 2.45) is 0 Å².